The number of H-pyrrole nitrogens is 1. The number of fused-ring (bicyclic) bond motifs is 3. The molecule has 142 valence electrons. The van der Waals surface area contributed by atoms with Crippen LogP contribution in [0.4, 0.5) is 5.69 Å². The molecule has 6 nitrogen and oxygen atoms in total. The molecule has 0 aliphatic heterocycles. The van der Waals surface area contributed by atoms with Gasteiger partial charge in [0, 0.05) is 34.3 Å². The van der Waals surface area contributed by atoms with Crippen LogP contribution in [0.1, 0.15) is 0 Å². The Balaban J connectivity index is 1.45. The lowest BCUT2D eigenvalue weighted by molar-refractivity contribution is -0.118. The molecule has 4 rings (SSSR count). The maximum Gasteiger partial charge on any atom is 0.262 e. The molecule has 0 atom stereocenters. The van der Waals surface area contributed by atoms with E-state index in [-0.39, 0.29) is 17.4 Å². The van der Waals surface area contributed by atoms with Crippen LogP contribution in [-0.4, -0.2) is 32.2 Å². The molecule has 0 aliphatic rings. The zero-order valence-electron chi connectivity index (χ0n) is 15.1. The first-order valence-corrected chi connectivity index (χ1v) is 10.5. The first kappa shape index (κ1) is 18.1. The first-order valence-electron chi connectivity index (χ1n) is 8.63. The summed E-state index contributed by atoms with van der Waals surface area (Å²) in [5.74, 6) is 0.196. The molecule has 0 saturated carbocycles. The Morgan fingerprint density at radius 2 is 1.75 bits per heavy atom. The van der Waals surface area contributed by atoms with E-state index < -0.39 is 9.84 Å². The average molecular weight is 394 g/mol. The van der Waals surface area contributed by atoms with Gasteiger partial charge in [0.15, 0.2) is 16.4 Å². The highest BCUT2D eigenvalue weighted by Gasteiger charge is 2.10. The van der Waals surface area contributed by atoms with E-state index in [1.54, 1.807) is 12.1 Å². The normalized spacial score (nSPS) is 11.6. The SMILES string of the molecule is CS(=O)(=O)c1cccc(NC(=O)COc2ccc3c(c2)[nH]c2ccccc23)c1. The average Bonchev–Trinajstić information content (AvgIpc) is 3.04. The molecule has 4 aromatic rings. The molecule has 3 aromatic carbocycles. The van der Waals surface area contributed by atoms with Gasteiger partial charge in [-0.15, -0.1) is 0 Å². The Labute approximate surface area is 162 Å². The van der Waals surface area contributed by atoms with Gasteiger partial charge >= 0.3 is 0 Å². The molecule has 0 saturated heterocycles. The molecule has 0 unspecified atom stereocenters. The number of para-hydroxylation sites is 1. The highest BCUT2D eigenvalue weighted by atomic mass is 32.2. The Morgan fingerprint density at radius 3 is 2.57 bits per heavy atom. The number of aromatic nitrogens is 1. The van der Waals surface area contributed by atoms with Gasteiger partial charge in [0.1, 0.15) is 5.75 Å². The van der Waals surface area contributed by atoms with Gasteiger partial charge in [0.25, 0.3) is 5.91 Å². The van der Waals surface area contributed by atoms with E-state index in [0.717, 1.165) is 28.1 Å². The topological polar surface area (TPSA) is 88.3 Å². The van der Waals surface area contributed by atoms with Crippen molar-refractivity contribution in [3.8, 4) is 5.75 Å². The van der Waals surface area contributed by atoms with Crippen molar-refractivity contribution in [1.29, 1.82) is 0 Å². The minimum absolute atomic E-state index is 0.149. The summed E-state index contributed by atoms with van der Waals surface area (Å²) < 4.78 is 28.8. The van der Waals surface area contributed by atoms with E-state index in [2.05, 4.69) is 10.3 Å². The number of hydrogen-bond acceptors (Lipinski definition) is 4. The first-order chi connectivity index (χ1) is 13.4. The molecule has 1 heterocycles. The number of carbonyl (C=O) groups excluding carboxylic acids is 1. The Kier molecular flexibility index (Phi) is 4.52. The molecule has 1 aromatic heterocycles. The van der Waals surface area contributed by atoms with E-state index in [0.29, 0.717) is 11.4 Å². The van der Waals surface area contributed by atoms with Crippen LogP contribution in [0.25, 0.3) is 21.8 Å². The molecule has 0 radical (unpaired) electrons. The lowest BCUT2D eigenvalue weighted by Crippen LogP contribution is -2.20. The molecule has 28 heavy (non-hydrogen) atoms. The smallest absolute Gasteiger partial charge is 0.262 e. The Hall–Kier alpha value is -3.32. The predicted molar refractivity (Wildman–Crippen MR) is 109 cm³/mol. The molecule has 0 fully saturated rings. The summed E-state index contributed by atoms with van der Waals surface area (Å²) in [5, 5.41) is 4.87. The fraction of sp³-hybridized carbons (Fsp3) is 0.0952. The molecular formula is C21H18N2O4S. The van der Waals surface area contributed by atoms with E-state index in [4.69, 9.17) is 4.74 Å². The summed E-state index contributed by atoms with van der Waals surface area (Å²) in [4.78, 5) is 15.6. The molecule has 2 N–H and O–H groups in total. The lowest BCUT2D eigenvalue weighted by atomic mass is 10.1. The van der Waals surface area contributed by atoms with E-state index in [9.17, 15) is 13.2 Å². The van der Waals surface area contributed by atoms with Crippen LogP contribution in [0, 0.1) is 0 Å². The number of sulfone groups is 1. The number of anilines is 1. The monoisotopic (exact) mass is 394 g/mol. The highest BCUT2D eigenvalue weighted by Crippen LogP contribution is 2.28. The van der Waals surface area contributed by atoms with Gasteiger partial charge in [0.2, 0.25) is 0 Å². The molecule has 7 heteroatoms. The predicted octanol–water partition coefficient (Wildman–Crippen LogP) is 3.74. The molecule has 0 aliphatic carbocycles. The number of aromatic amines is 1. The Bertz CT molecular complexity index is 1290. The quantitative estimate of drug-likeness (QED) is 0.540. The van der Waals surface area contributed by atoms with Gasteiger partial charge in [0.05, 0.1) is 10.4 Å². The third-order valence-electron chi connectivity index (χ3n) is 4.39. The van der Waals surface area contributed by atoms with E-state index >= 15 is 0 Å². The number of ether oxygens (including phenoxy) is 1. The number of amides is 1. The lowest BCUT2D eigenvalue weighted by Gasteiger charge is -2.08. The van der Waals surface area contributed by atoms with Crippen LogP contribution in [0.15, 0.2) is 71.6 Å². The van der Waals surface area contributed by atoms with Crippen molar-refractivity contribution in [2.75, 3.05) is 18.2 Å². The van der Waals surface area contributed by atoms with Gasteiger partial charge in [-0.2, -0.15) is 0 Å². The minimum Gasteiger partial charge on any atom is -0.484 e. The zero-order valence-corrected chi connectivity index (χ0v) is 15.9. The van der Waals surface area contributed by atoms with Crippen molar-refractivity contribution >= 4 is 43.2 Å². The van der Waals surface area contributed by atoms with Gasteiger partial charge in [-0.25, -0.2) is 8.42 Å². The summed E-state index contributed by atoms with van der Waals surface area (Å²) >= 11 is 0. The van der Waals surface area contributed by atoms with Crippen LogP contribution >= 0.6 is 0 Å². The second kappa shape index (κ2) is 7.01. The Morgan fingerprint density at radius 1 is 0.964 bits per heavy atom. The van der Waals surface area contributed by atoms with Crippen LogP contribution in [0.3, 0.4) is 0 Å². The molecule has 0 bridgehead atoms. The van der Waals surface area contributed by atoms with Crippen molar-refractivity contribution in [2.45, 2.75) is 4.90 Å². The number of rotatable bonds is 5. The minimum atomic E-state index is -3.33. The van der Waals surface area contributed by atoms with Crippen molar-refractivity contribution in [1.82, 2.24) is 4.98 Å². The maximum absolute atomic E-state index is 12.2. The largest absolute Gasteiger partial charge is 0.484 e. The van der Waals surface area contributed by atoms with Crippen LogP contribution in [-0.2, 0) is 14.6 Å². The summed E-state index contributed by atoms with van der Waals surface area (Å²) in [6, 6.07) is 19.8. The van der Waals surface area contributed by atoms with Crippen molar-refractivity contribution in [2.24, 2.45) is 0 Å². The van der Waals surface area contributed by atoms with E-state index in [1.807, 2.05) is 42.5 Å². The summed E-state index contributed by atoms with van der Waals surface area (Å²) in [6.07, 6.45) is 1.12. The van der Waals surface area contributed by atoms with Crippen molar-refractivity contribution < 1.29 is 17.9 Å². The second-order valence-electron chi connectivity index (χ2n) is 6.51. The number of nitrogens with one attached hydrogen (secondary N) is 2. The molecular weight excluding hydrogens is 376 g/mol. The number of benzene rings is 3. The van der Waals surface area contributed by atoms with Crippen LogP contribution in [0.2, 0.25) is 0 Å². The second-order valence-corrected chi connectivity index (χ2v) is 8.53. The van der Waals surface area contributed by atoms with Crippen molar-refractivity contribution in [3.05, 3.63) is 66.7 Å². The standard InChI is InChI=1S/C21H18N2O4S/c1-28(25,26)16-6-4-5-14(11-16)22-21(24)13-27-15-9-10-18-17-7-2-3-8-19(17)23-20(18)12-15/h2-12,23H,13H2,1H3,(H,22,24). The summed E-state index contributed by atoms with van der Waals surface area (Å²) in [5.41, 5.74) is 2.38. The molecule has 0 spiro atoms. The fourth-order valence-electron chi connectivity index (χ4n) is 3.07. The fourth-order valence-corrected chi connectivity index (χ4v) is 3.74. The van der Waals surface area contributed by atoms with Crippen LogP contribution < -0.4 is 10.1 Å². The third-order valence-corrected chi connectivity index (χ3v) is 5.50. The maximum atomic E-state index is 12.2. The summed E-state index contributed by atoms with van der Waals surface area (Å²) in [7, 11) is -3.33. The van der Waals surface area contributed by atoms with Gasteiger partial charge < -0.3 is 15.0 Å². The van der Waals surface area contributed by atoms with E-state index in [1.165, 1.54) is 12.1 Å². The van der Waals surface area contributed by atoms with Gasteiger partial charge in [-0.1, -0.05) is 24.3 Å². The van der Waals surface area contributed by atoms with Gasteiger partial charge in [-0.05, 0) is 36.4 Å². The molecule has 1 amide bonds. The van der Waals surface area contributed by atoms with Gasteiger partial charge in [-0.3, -0.25) is 4.79 Å². The highest BCUT2D eigenvalue weighted by molar-refractivity contribution is 7.90. The number of carbonyl (C=O) groups is 1. The van der Waals surface area contributed by atoms with Crippen molar-refractivity contribution in [3.63, 3.8) is 0 Å². The number of hydrogen-bond donors (Lipinski definition) is 2. The third kappa shape index (κ3) is 3.70. The summed E-state index contributed by atoms with van der Waals surface area (Å²) in [6.45, 7) is -0.186. The van der Waals surface area contributed by atoms with Crippen LogP contribution in [0.5, 0.6) is 5.75 Å². The zero-order chi connectivity index (χ0) is 19.7.